The van der Waals surface area contributed by atoms with Crippen molar-refractivity contribution in [2.75, 3.05) is 7.05 Å². The van der Waals surface area contributed by atoms with Gasteiger partial charge in [0.1, 0.15) is 11.3 Å². The first-order valence-electron chi connectivity index (χ1n) is 4.99. The Balaban J connectivity index is 2.65. The van der Waals surface area contributed by atoms with Gasteiger partial charge in [0.05, 0.1) is 11.1 Å². The lowest BCUT2D eigenvalue weighted by Gasteiger charge is -2.20. The second kappa shape index (κ2) is 3.52. The van der Waals surface area contributed by atoms with Crippen molar-refractivity contribution >= 4 is 11.0 Å². The zero-order valence-electron chi connectivity index (χ0n) is 9.36. The van der Waals surface area contributed by atoms with Crippen LogP contribution in [0.5, 0.6) is 0 Å². The molecule has 86 valence electrons. The molecule has 1 aromatic heterocycles. The Morgan fingerprint density at radius 2 is 2.00 bits per heavy atom. The zero-order chi connectivity index (χ0) is 11.9. The summed E-state index contributed by atoms with van der Waals surface area (Å²) in [5, 5.41) is 3.04. The van der Waals surface area contributed by atoms with E-state index < -0.39 is 17.2 Å². The molecule has 3 nitrogen and oxygen atoms in total. The molecule has 0 aliphatic carbocycles. The number of imidazole rings is 1. The maximum Gasteiger partial charge on any atom is 0.186 e. The van der Waals surface area contributed by atoms with E-state index in [4.69, 9.17) is 0 Å². The van der Waals surface area contributed by atoms with Gasteiger partial charge in [-0.3, -0.25) is 0 Å². The quantitative estimate of drug-likeness (QED) is 0.823. The predicted molar refractivity (Wildman–Crippen MR) is 58.1 cm³/mol. The van der Waals surface area contributed by atoms with Gasteiger partial charge in [0, 0.05) is 0 Å². The first-order valence-corrected chi connectivity index (χ1v) is 4.99. The van der Waals surface area contributed by atoms with Crippen LogP contribution < -0.4 is 5.32 Å². The largest absolute Gasteiger partial charge is 0.340 e. The molecule has 0 saturated carbocycles. The van der Waals surface area contributed by atoms with Crippen LogP contribution in [0.4, 0.5) is 8.78 Å². The highest BCUT2D eigenvalue weighted by Gasteiger charge is 2.23. The number of rotatable bonds is 2. The SMILES string of the molecule is CNC(C)(C)c1nc2c(F)c(F)ccc2[nH]1. The van der Waals surface area contributed by atoms with Gasteiger partial charge in [-0.2, -0.15) is 0 Å². The molecule has 0 spiro atoms. The molecule has 0 unspecified atom stereocenters. The summed E-state index contributed by atoms with van der Waals surface area (Å²) in [5.74, 6) is -1.21. The smallest absolute Gasteiger partial charge is 0.186 e. The summed E-state index contributed by atoms with van der Waals surface area (Å²) in [6.45, 7) is 3.80. The van der Waals surface area contributed by atoms with Gasteiger partial charge in [-0.1, -0.05) is 0 Å². The van der Waals surface area contributed by atoms with Gasteiger partial charge in [0.2, 0.25) is 0 Å². The first-order chi connectivity index (χ1) is 7.45. The monoisotopic (exact) mass is 225 g/mol. The third kappa shape index (κ3) is 1.57. The highest BCUT2D eigenvalue weighted by Crippen LogP contribution is 2.23. The molecule has 0 saturated heterocycles. The molecule has 0 bridgehead atoms. The van der Waals surface area contributed by atoms with E-state index in [1.54, 1.807) is 7.05 Å². The Bertz CT molecular complexity index is 531. The molecular formula is C11H13F2N3. The molecule has 2 rings (SSSR count). The molecule has 0 aliphatic heterocycles. The molecule has 0 amide bonds. The molecule has 2 N–H and O–H groups in total. The summed E-state index contributed by atoms with van der Waals surface area (Å²) in [5.41, 5.74) is 0.123. The summed E-state index contributed by atoms with van der Waals surface area (Å²) >= 11 is 0. The normalized spacial score (nSPS) is 12.3. The van der Waals surface area contributed by atoms with E-state index in [-0.39, 0.29) is 5.52 Å². The number of H-pyrrole nitrogens is 1. The minimum absolute atomic E-state index is 0.0401. The fourth-order valence-electron chi connectivity index (χ4n) is 1.43. The molecule has 16 heavy (non-hydrogen) atoms. The van der Waals surface area contributed by atoms with Crippen molar-refractivity contribution in [3.63, 3.8) is 0 Å². The summed E-state index contributed by atoms with van der Waals surface area (Å²) in [6.07, 6.45) is 0. The van der Waals surface area contributed by atoms with Crippen molar-refractivity contribution in [2.24, 2.45) is 0 Å². The van der Waals surface area contributed by atoms with Crippen LogP contribution in [0.1, 0.15) is 19.7 Å². The van der Waals surface area contributed by atoms with E-state index in [1.807, 2.05) is 13.8 Å². The second-order valence-corrected chi connectivity index (χ2v) is 4.22. The average Bonchev–Trinajstić information content (AvgIpc) is 2.69. The van der Waals surface area contributed by atoms with Crippen molar-refractivity contribution in [2.45, 2.75) is 19.4 Å². The van der Waals surface area contributed by atoms with Gasteiger partial charge in [-0.05, 0) is 33.0 Å². The van der Waals surface area contributed by atoms with Gasteiger partial charge in [0.25, 0.3) is 0 Å². The molecule has 0 aliphatic rings. The second-order valence-electron chi connectivity index (χ2n) is 4.22. The fraction of sp³-hybridized carbons (Fsp3) is 0.364. The van der Waals surface area contributed by atoms with E-state index >= 15 is 0 Å². The number of hydrogen-bond acceptors (Lipinski definition) is 2. The molecule has 1 heterocycles. The van der Waals surface area contributed by atoms with Crippen LogP contribution in [0.2, 0.25) is 0 Å². The number of benzene rings is 1. The number of nitrogens with one attached hydrogen (secondary N) is 2. The minimum atomic E-state index is -0.910. The summed E-state index contributed by atoms with van der Waals surface area (Å²) < 4.78 is 26.4. The van der Waals surface area contributed by atoms with Crippen LogP contribution in [-0.2, 0) is 5.54 Å². The van der Waals surface area contributed by atoms with E-state index in [2.05, 4.69) is 15.3 Å². The van der Waals surface area contributed by atoms with E-state index in [0.717, 1.165) is 6.07 Å². The van der Waals surface area contributed by atoms with Crippen LogP contribution in [0.3, 0.4) is 0 Å². The first kappa shape index (κ1) is 11.0. The van der Waals surface area contributed by atoms with E-state index in [9.17, 15) is 8.78 Å². The molecule has 0 radical (unpaired) electrons. The number of fused-ring (bicyclic) bond motifs is 1. The summed E-state index contributed by atoms with van der Waals surface area (Å²) in [4.78, 5) is 7.06. The summed E-state index contributed by atoms with van der Waals surface area (Å²) in [6, 6.07) is 2.57. The lowest BCUT2D eigenvalue weighted by molar-refractivity contribution is 0.421. The van der Waals surface area contributed by atoms with Crippen molar-refractivity contribution in [1.82, 2.24) is 15.3 Å². The Morgan fingerprint density at radius 1 is 1.31 bits per heavy atom. The minimum Gasteiger partial charge on any atom is -0.340 e. The lowest BCUT2D eigenvalue weighted by Crippen LogP contribution is -2.34. The average molecular weight is 225 g/mol. The van der Waals surface area contributed by atoms with Crippen LogP contribution in [0, 0.1) is 11.6 Å². The molecular weight excluding hydrogens is 212 g/mol. The van der Waals surface area contributed by atoms with Gasteiger partial charge in [0.15, 0.2) is 11.6 Å². The van der Waals surface area contributed by atoms with Gasteiger partial charge in [-0.25, -0.2) is 13.8 Å². The topological polar surface area (TPSA) is 40.7 Å². The molecule has 0 atom stereocenters. The van der Waals surface area contributed by atoms with Crippen LogP contribution in [0.25, 0.3) is 11.0 Å². The Hall–Kier alpha value is -1.49. The maximum absolute atomic E-state index is 13.4. The van der Waals surface area contributed by atoms with Crippen LogP contribution >= 0.6 is 0 Å². The highest BCUT2D eigenvalue weighted by molar-refractivity contribution is 5.76. The Labute approximate surface area is 91.9 Å². The van der Waals surface area contributed by atoms with Crippen LogP contribution in [-0.4, -0.2) is 17.0 Å². The van der Waals surface area contributed by atoms with Crippen molar-refractivity contribution in [3.8, 4) is 0 Å². The molecule has 2 aromatic rings. The molecule has 0 fully saturated rings. The van der Waals surface area contributed by atoms with Gasteiger partial charge < -0.3 is 10.3 Å². The number of aromatic amines is 1. The van der Waals surface area contributed by atoms with Gasteiger partial charge in [-0.15, -0.1) is 0 Å². The van der Waals surface area contributed by atoms with Gasteiger partial charge >= 0.3 is 0 Å². The standard InChI is InChI=1S/C11H13F2N3/c1-11(2,14-3)10-15-7-5-4-6(12)8(13)9(7)16-10/h4-5,14H,1-3H3,(H,15,16). The third-order valence-corrected chi connectivity index (χ3v) is 2.76. The predicted octanol–water partition coefficient (Wildman–Crippen LogP) is 2.30. The summed E-state index contributed by atoms with van der Waals surface area (Å²) in [7, 11) is 1.78. The molecule has 1 aromatic carbocycles. The van der Waals surface area contributed by atoms with Crippen molar-refractivity contribution < 1.29 is 8.78 Å². The number of hydrogen-bond donors (Lipinski definition) is 2. The lowest BCUT2D eigenvalue weighted by atomic mass is 10.1. The fourth-order valence-corrected chi connectivity index (χ4v) is 1.43. The third-order valence-electron chi connectivity index (χ3n) is 2.76. The maximum atomic E-state index is 13.4. The number of halogens is 2. The molecule has 5 heteroatoms. The Kier molecular flexibility index (Phi) is 2.42. The van der Waals surface area contributed by atoms with E-state index in [1.165, 1.54) is 6.07 Å². The van der Waals surface area contributed by atoms with Crippen molar-refractivity contribution in [3.05, 3.63) is 29.6 Å². The number of nitrogens with zero attached hydrogens (tertiary/aromatic N) is 1. The highest BCUT2D eigenvalue weighted by atomic mass is 19.2. The van der Waals surface area contributed by atoms with Crippen LogP contribution in [0.15, 0.2) is 12.1 Å². The van der Waals surface area contributed by atoms with E-state index in [0.29, 0.717) is 11.3 Å². The Morgan fingerprint density at radius 3 is 2.62 bits per heavy atom. The van der Waals surface area contributed by atoms with Crippen molar-refractivity contribution in [1.29, 1.82) is 0 Å². The number of aromatic nitrogens is 2. The zero-order valence-corrected chi connectivity index (χ0v) is 9.36.